The number of carbonyl (C=O) groups is 2. The van der Waals surface area contributed by atoms with E-state index in [4.69, 9.17) is 5.10 Å². The molecule has 23 heavy (non-hydrogen) atoms. The minimum atomic E-state index is -0.556. The van der Waals surface area contributed by atoms with E-state index in [1.165, 1.54) is 11.9 Å². The van der Waals surface area contributed by atoms with Crippen LogP contribution in [0, 0.1) is 5.41 Å². The molecule has 0 saturated carbocycles. The highest BCUT2D eigenvalue weighted by Gasteiger charge is 2.54. The lowest BCUT2D eigenvalue weighted by molar-refractivity contribution is -0.528. The van der Waals surface area contributed by atoms with Gasteiger partial charge in [-0.15, -0.1) is 10.1 Å². The van der Waals surface area contributed by atoms with Crippen LogP contribution in [0.2, 0.25) is 0 Å². The first-order valence-corrected chi connectivity index (χ1v) is 7.79. The average molecular weight is 319 g/mol. The van der Waals surface area contributed by atoms with E-state index in [1.807, 2.05) is 11.5 Å². The Morgan fingerprint density at radius 1 is 1.22 bits per heavy atom. The second-order valence-electron chi connectivity index (χ2n) is 7.05. The standard InChI is InChI=1S/C15H23N6O2/c1-7-21-13-16-11-10(12(22)19(6)14(23)18(11)5)20(13)8-9(17-21)15(2,3)4/h10H,7-8H2,1-6H3/q+1. The summed E-state index contributed by atoms with van der Waals surface area (Å²) < 4.78 is 1.95. The van der Waals surface area contributed by atoms with E-state index in [1.54, 1.807) is 12.1 Å². The van der Waals surface area contributed by atoms with Gasteiger partial charge >= 0.3 is 12.0 Å². The van der Waals surface area contributed by atoms with Crippen molar-refractivity contribution in [3.8, 4) is 0 Å². The Morgan fingerprint density at radius 2 is 1.87 bits per heavy atom. The fourth-order valence-electron chi connectivity index (χ4n) is 2.94. The van der Waals surface area contributed by atoms with Crippen LogP contribution < -0.4 is 0 Å². The molecule has 0 aliphatic carbocycles. The molecule has 0 aromatic heterocycles. The Morgan fingerprint density at radius 3 is 2.43 bits per heavy atom. The summed E-state index contributed by atoms with van der Waals surface area (Å²) in [6, 6.07) is -0.912. The summed E-state index contributed by atoms with van der Waals surface area (Å²) in [5.74, 6) is 0.883. The number of rotatable bonds is 1. The second-order valence-corrected chi connectivity index (χ2v) is 7.05. The molecule has 3 heterocycles. The molecule has 0 radical (unpaired) electrons. The van der Waals surface area contributed by atoms with Crippen molar-refractivity contribution in [3.63, 3.8) is 0 Å². The molecule has 8 nitrogen and oxygen atoms in total. The van der Waals surface area contributed by atoms with Crippen LogP contribution in [0.3, 0.4) is 0 Å². The lowest BCUT2D eigenvalue weighted by atomic mass is 9.89. The van der Waals surface area contributed by atoms with Crippen LogP contribution in [0.15, 0.2) is 10.1 Å². The topological polar surface area (TPSA) is 71.6 Å². The molecule has 0 N–H and O–H groups in total. The number of urea groups is 1. The SMILES string of the molecule is CCN1N=C(C(C)(C)C)C[N+]2=C1N=C1C2C(=O)N(C)C(=O)N1C. The minimum Gasteiger partial charge on any atom is -0.270 e. The van der Waals surface area contributed by atoms with Crippen LogP contribution in [-0.2, 0) is 4.79 Å². The predicted molar refractivity (Wildman–Crippen MR) is 86.6 cm³/mol. The molecule has 1 unspecified atom stereocenters. The summed E-state index contributed by atoms with van der Waals surface area (Å²) in [5, 5.41) is 6.50. The lowest BCUT2D eigenvalue weighted by Gasteiger charge is -2.33. The molecule has 3 amide bonds. The van der Waals surface area contributed by atoms with E-state index < -0.39 is 6.04 Å². The molecule has 0 aromatic rings. The van der Waals surface area contributed by atoms with Crippen LogP contribution >= 0.6 is 0 Å². The maximum absolute atomic E-state index is 12.7. The molecule has 1 saturated heterocycles. The number of amides is 3. The minimum absolute atomic E-state index is 0.104. The van der Waals surface area contributed by atoms with Crippen molar-refractivity contribution in [1.82, 2.24) is 14.8 Å². The lowest BCUT2D eigenvalue weighted by Crippen LogP contribution is -2.62. The number of likely N-dealkylation sites (N-methyl/N-ethyl adjacent to an activating group) is 2. The number of amidine groups is 1. The molecule has 3 aliphatic rings. The van der Waals surface area contributed by atoms with Crippen LogP contribution in [0.4, 0.5) is 4.79 Å². The monoisotopic (exact) mass is 319 g/mol. The third kappa shape index (κ3) is 2.15. The van der Waals surface area contributed by atoms with Crippen molar-refractivity contribution in [3.05, 3.63) is 0 Å². The summed E-state index contributed by atoms with van der Waals surface area (Å²) in [5.41, 5.74) is 0.891. The zero-order valence-corrected chi connectivity index (χ0v) is 14.5. The Kier molecular flexibility index (Phi) is 3.31. The van der Waals surface area contributed by atoms with Crippen LogP contribution in [-0.4, -0.2) is 82.1 Å². The van der Waals surface area contributed by atoms with Gasteiger partial charge in [-0.3, -0.25) is 14.6 Å². The van der Waals surface area contributed by atoms with Crippen molar-refractivity contribution in [1.29, 1.82) is 0 Å². The smallest absolute Gasteiger partial charge is 0.270 e. The quantitative estimate of drug-likeness (QED) is 0.657. The Bertz CT molecular complexity index is 685. The van der Waals surface area contributed by atoms with Gasteiger partial charge in [-0.1, -0.05) is 25.8 Å². The Balaban J connectivity index is 2.05. The van der Waals surface area contributed by atoms with Gasteiger partial charge in [0.05, 0.1) is 12.3 Å². The van der Waals surface area contributed by atoms with Crippen LogP contribution in [0.25, 0.3) is 0 Å². The number of hydrogen-bond acceptors (Lipinski definition) is 5. The van der Waals surface area contributed by atoms with Crippen LogP contribution in [0.1, 0.15) is 27.7 Å². The van der Waals surface area contributed by atoms with Crippen molar-refractivity contribution in [2.75, 3.05) is 27.2 Å². The van der Waals surface area contributed by atoms with Gasteiger partial charge in [0.25, 0.3) is 5.91 Å². The third-order valence-corrected chi connectivity index (χ3v) is 4.47. The average Bonchev–Trinajstić information content (AvgIpc) is 2.88. The van der Waals surface area contributed by atoms with Gasteiger partial charge in [-0.2, -0.15) is 0 Å². The van der Waals surface area contributed by atoms with E-state index in [0.29, 0.717) is 24.9 Å². The first kappa shape index (κ1) is 15.6. The van der Waals surface area contributed by atoms with Crippen molar-refractivity contribution < 1.29 is 14.2 Å². The van der Waals surface area contributed by atoms with Crippen molar-refractivity contribution >= 4 is 29.4 Å². The molecule has 0 bridgehead atoms. The molecule has 3 aliphatic heterocycles. The number of carbonyl (C=O) groups excluding carboxylic acids is 2. The van der Waals surface area contributed by atoms with Crippen molar-refractivity contribution in [2.45, 2.75) is 33.7 Å². The molecule has 1 atom stereocenters. The molecule has 0 spiro atoms. The fraction of sp³-hybridized carbons (Fsp3) is 0.667. The zero-order chi connectivity index (χ0) is 17.1. The maximum Gasteiger partial charge on any atom is 0.416 e. The van der Waals surface area contributed by atoms with E-state index in [0.717, 1.165) is 10.6 Å². The molecular formula is C15H23N6O2+. The Hall–Kier alpha value is -2.25. The van der Waals surface area contributed by atoms with Gasteiger partial charge in [0, 0.05) is 19.5 Å². The summed E-state index contributed by atoms with van der Waals surface area (Å²) >= 11 is 0. The van der Waals surface area contributed by atoms with E-state index >= 15 is 0 Å². The molecule has 3 rings (SSSR count). The summed E-state index contributed by atoms with van der Waals surface area (Å²) in [7, 11) is 3.16. The zero-order valence-electron chi connectivity index (χ0n) is 14.5. The number of imide groups is 1. The van der Waals surface area contributed by atoms with Gasteiger partial charge in [-0.05, 0) is 6.92 Å². The summed E-state index contributed by atoms with van der Waals surface area (Å²) in [4.78, 5) is 31.9. The van der Waals surface area contributed by atoms with Gasteiger partial charge in [0.2, 0.25) is 11.9 Å². The molecule has 0 aromatic carbocycles. The molecule has 8 heteroatoms. The highest BCUT2D eigenvalue weighted by Crippen LogP contribution is 2.26. The van der Waals surface area contributed by atoms with Gasteiger partial charge in [0.15, 0.2) is 0 Å². The highest BCUT2D eigenvalue weighted by molar-refractivity contribution is 6.23. The van der Waals surface area contributed by atoms with E-state index in [2.05, 4.69) is 25.8 Å². The molecule has 1 fully saturated rings. The van der Waals surface area contributed by atoms with E-state index in [-0.39, 0.29) is 17.4 Å². The highest BCUT2D eigenvalue weighted by atomic mass is 16.2. The van der Waals surface area contributed by atoms with Gasteiger partial charge in [-0.25, -0.2) is 9.37 Å². The fourth-order valence-corrected chi connectivity index (χ4v) is 2.94. The number of fused-ring (bicyclic) bond motifs is 2. The molecule has 124 valence electrons. The van der Waals surface area contributed by atoms with Gasteiger partial charge in [0.1, 0.15) is 6.54 Å². The normalized spacial score (nSPS) is 24.8. The van der Waals surface area contributed by atoms with Gasteiger partial charge < -0.3 is 0 Å². The number of guanidine groups is 1. The van der Waals surface area contributed by atoms with Crippen molar-refractivity contribution in [2.24, 2.45) is 15.5 Å². The number of nitrogens with zero attached hydrogens (tertiary/aromatic N) is 6. The maximum atomic E-state index is 12.7. The Labute approximate surface area is 135 Å². The first-order valence-electron chi connectivity index (χ1n) is 7.79. The summed E-state index contributed by atoms with van der Waals surface area (Å²) in [6.45, 7) is 9.49. The second kappa shape index (κ2) is 4.87. The first-order chi connectivity index (χ1) is 10.7. The largest absolute Gasteiger partial charge is 0.416 e. The number of hydrogen-bond donors (Lipinski definition) is 0. The number of aliphatic imine (C=N–C) groups is 1. The van der Waals surface area contributed by atoms with E-state index in [9.17, 15) is 9.59 Å². The third-order valence-electron chi connectivity index (χ3n) is 4.47. The summed E-state index contributed by atoms with van der Waals surface area (Å²) in [6.07, 6.45) is 0. The predicted octanol–water partition coefficient (Wildman–Crippen LogP) is 0.397. The van der Waals surface area contributed by atoms with Crippen LogP contribution in [0.5, 0.6) is 0 Å². The molecular weight excluding hydrogens is 296 g/mol. The number of hydrazone groups is 1.